The van der Waals surface area contributed by atoms with Gasteiger partial charge in [0.25, 0.3) is 0 Å². The molecule has 0 radical (unpaired) electrons. The molecule has 0 unspecified atom stereocenters. The van der Waals surface area contributed by atoms with Crippen molar-refractivity contribution in [3.8, 4) is 0 Å². The quantitative estimate of drug-likeness (QED) is 0.860. The lowest BCUT2D eigenvalue weighted by Crippen LogP contribution is -2.22. The molecule has 1 N–H and O–H groups in total. The zero-order valence-corrected chi connectivity index (χ0v) is 10.1. The molecule has 1 saturated carbocycles. The van der Waals surface area contributed by atoms with Crippen LogP contribution in [0.25, 0.3) is 11.0 Å². The standard InChI is InChI=1S/C12H17N5/c1-17-12-10(7-15-17)11(13-8-14-12)16-9-5-3-2-4-6-9/h7-9H,2-6H2,1H3,(H,13,14,16). The van der Waals surface area contributed by atoms with Crippen LogP contribution in [0.5, 0.6) is 0 Å². The highest BCUT2D eigenvalue weighted by atomic mass is 15.3. The predicted octanol–water partition coefficient (Wildman–Crippen LogP) is 2.11. The van der Waals surface area contributed by atoms with E-state index < -0.39 is 0 Å². The fraction of sp³-hybridized carbons (Fsp3) is 0.583. The molecule has 0 amide bonds. The van der Waals surface area contributed by atoms with Gasteiger partial charge in [0.05, 0.1) is 11.6 Å². The lowest BCUT2D eigenvalue weighted by molar-refractivity contribution is 0.462. The molecule has 0 saturated heterocycles. The summed E-state index contributed by atoms with van der Waals surface area (Å²) in [4.78, 5) is 8.58. The number of fused-ring (bicyclic) bond motifs is 1. The minimum Gasteiger partial charge on any atom is -0.367 e. The third-order valence-corrected chi connectivity index (χ3v) is 3.48. The summed E-state index contributed by atoms with van der Waals surface area (Å²) in [5, 5.41) is 8.77. The first-order valence-electron chi connectivity index (χ1n) is 6.24. The highest BCUT2D eigenvalue weighted by molar-refractivity contribution is 5.86. The number of aryl methyl sites for hydroxylation is 1. The summed E-state index contributed by atoms with van der Waals surface area (Å²) in [6.07, 6.45) is 9.93. The molecular weight excluding hydrogens is 214 g/mol. The summed E-state index contributed by atoms with van der Waals surface area (Å²) >= 11 is 0. The van der Waals surface area contributed by atoms with E-state index in [1.807, 2.05) is 13.2 Å². The van der Waals surface area contributed by atoms with Crippen LogP contribution in [0.1, 0.15) is 32.1 Å². The number of aromatic nitrogens is 4. The number of nitrogens with zero attached hydrogens (tertiary/aromatic N) is 4. The highest BCUT2D eigenvalue weighted by Gasteiger charge is 2.15. The van der Waals surface area contributed by atoms with E-state index in [4.69, 9.17) is 0 Å². The minimum absolute atomic E-state index is 0.557. The Hall–Kier alpha value is -1.65. The fourth-order valence-electron chi connectivity index (χ4n) is 2.52. The maximum atomic E-state index is 4.34. The second-order valence-electron chi connectivity index (χ2n) is 4.71. The lowest BCUT2D eigenvalue weighted by Gasteiger charge is -2.23. The van der Waals surface area contributed by atoms with Gasteiger partial charge in [-0.1, -0.05) is 19.3 Å². The smallest absolute Gasteiger partial charge is 0.163 e. The molecule has 17 heavy (non-hydrogen) atoms. The van der Waals surface area contributed by atoms with E-state index in [2.05, 4.69) is 20.4 Å². The zero-order chi connectivity index (χ0) is 11.7. The van der Waals surface area contributed by atoms with Crippen LogP contribution in [0, 0.1) is 0 Å². The topological polar surface area (TPSA) is 55.6 Å². The monoisotopic (exact) mass is 231 g/mol. The number of hydrogen-bond donors (Lipinski definition) is 1. The van der Waals surface area contributed by atoms with Crippen molar-refractivity contribution in [2.45, 2.75) is 38.1 Å². The molecule has 0 atom stereocenters. The molecule has 5 nitrogen and oxygen atoms in total. The summed E-state index contributed by atoms with van der Waals surface area (Å²) in [6.45, 7) is 0. The Morgan fingerprint density at radius 2 is 2.06 bits per heavy atom. The van der Waals surface area contributed by atoms with Crippen molar-refractivity contribution in [2.24, 2.45) is 7.05 Å². The van der Waals surface area contributed by atoms with Gasteiger partial charge in [0.1, 0.15) is 12.1 Å². The molecule has 90 valence electrons. The van der Waals surface area contributed by atoms with Crippen molar-refractivity contribution in [1.29, 1.82) is 0 Å². The highest BCUT2D eigenvalue weighted by Crippen LogP contribution is 2.24. The molecular formula is C12H17N5. The van der Waals surface area contributed by atoms with Crippen LogP contribution in [0.15, 0.2) is 12.5 Å². The van der Waals surface area contributed by atoms with E-state index in [0.29, 0.717) is 6.04 Å². The molecule has 2 aromatic rings. The fourth-order valence-corrected chi connectivity index (χ4v) is 2.52. The summed E-state index contributed by atoms with van der Waals surface area (Å²) in [5.74, 6) is 0.926. The Kier molecular flexibility index (Phi) is 2.66. The van der Waals surface area contributed by atoms with Gasteiger partial charge >= 0.3 is 0 Å². The first-order valence-corrected chi connectivity index (χ1v) is 6.24. The van der Waals surface area contributed by atoms with Crippen LogP contribution in [-0.4, -0.2) is 25.8 Å². The zero-order valence-electron chi connectivity index (χ0n) is 10.1. The Balaban J connectivity index is 1.89. The van der Waals surface area contributed by atoms with Crippen molar-refractivity contribution in [3.05, 3.63) is 12.5 Å². The average Bonchev–Trinajstić information content (AvgIpc) is 2.74. The molecule has 0 bridgehead atoms. The number of anilines is 1. The molecule has 2 aromatic heterocycles. The van der Waals surface area contributed by atoms with Crippen LogP contribution >= 0.6 is 0 Å². The second-order valence-corrected chi connectivity index (χ2v) is 4.71. The molecule has 1 aliphatic rings. The average molecular weight is 231 g/mol. The Morgan fingerprint density at radius 1 is 1.24 bits per heavy atom. The van der Waals surface area contributed by atoms with Crippen LogP contribution in [0.2, 0.25) is 0 Å². The van der Waals surface area contributed by atoms with Crippen LogP contribution in [0.3, 0.4) is 0 Å². The van der Waals surface area contributed by atoms with Crippen molar-refractivity contribution >= 4 is 16.9 Å². The number of rotatable bonds is 2. The Morgan fingerprint density at radius 3 is 2.88 bits per heavy atom. The van der Waals surface area contributed by atoms with E-state index >= 15 is 0 Å². The normalized spacial score (nSPS) is 17.5. The maximum Gasteiger partial charge on any atom is 0.163 e. The van der Waals surface area contributed by atoms with Crippen molar-refractivity contribution in [2.75, 3.05) is 5.32 Å². The molecule has 0 aromatic carbocycles. The van der Waals surface area contributed by atoms with E-state index in [1.54, 1.807) is 11.0 Å². The third-order valence-electron chi connectivity index (χ3n) is 3.48. The third kappa shape index (κ3) is 1.97. The summed E-state index contributed by atoms with van der Waals surface area (Å²) in [5.41, 5.74) is 0.887. The van der Waals surface area contributed by atoms with Gasteiger partial charge in [-0.15, -0.1) is 0 Å². The van der Waals surface area contributed by atoms with E-state index in [1.165, 1.54) is 32.1 Å². The van der Waals surface area contributed by atoms with Crippen LogP contribution < -0.4 is 5.32 Å². The summed E-state index contributed by atoms with van der Waals surface area (Å²) < 4.78 is 1.78. The molecule has 1 aliphatic carbocycles. The first kappa shape index (κ1) is 10.5. The van der Waals surface area contributed by atoms with E-state index in [9.17, 15) is 0 Å². The SMILES string of the molecule is Cn1ncc2c(NC3CCCCC3)ncnc21. The van der Waals surface area contributed by atoms with Gasteiger partial charge in [0, 0.05) is 13.1 Å². The predicted molar refractivity (Wildman–Crippen MR) is 66.8 cm³/mol. The van der Waals surface area contributed by atoms with Crippen molar-refractivity contribution in [1.82, 2.24) is 19.7 Å². The lowest BCUT2D eigenvalue weighted by atomic mass is 9.95. The van der Waals surface area contributed by atoms with Gasteiger partial charge in [0.2, 0.25) is 0 Å². The number of nitrogens with one attached hydrogen (secondary N) is 1. The maximum absolute atomic E-state index is 4.34. The van der Waals surface area contributed by atoms with Gasteiger partial charge in [-0.05, 0) is 12.8 Å². The molecule has 0 aliphatic heterocycles. The molecule has 0 spiro atoms. The molecule has 2 heterocycles. The molecule has 5 heteroatoms. The van der Waals surface area contributed by atoms with Crippen LogP contribution in [0.4, 0.5) is 5.82 Å². The largest absolute Gasteiger partial charge is 0.367 e. The van der Waals surface area contributed by atoms with E-state index in [0.717, 1.165) is 16.9 Å². The minimum atomic E-state index is 0.557. The van der Waals surface area contributed by atoms with Gasteiger partial charge in [-0.2, -0.15) is 5.10 Å². The Labute approximate surface area is 100 Å². The van der Waals surface area contributed by atoms with Gasteiger partial charge in [-0.25, -0.2) is 9.97 Å². The number of hydrogen-bond acceptors (Lipinski definition) is 4. The first-order chi connectivity index (χ1) is 8.34. The second kappa shape index (κ2) is 4.31. The van der Waals surface area contributed by atoms with Gasteiger partial charge in [0.15, 0.2) is 5.65 Å². The van der Waals surface area contributed by atoms with E-state index in [-0.39, 0.29) is 0 Å². The van der Waals surface area contributed by atoms with Gasteiger partial charge < -0.3 is 5.32 Å². The Bertz CT molecular complexity index is 513. The summed E-state index contributed by atoms with van der Waals surface area (Å²) in [6, 6.07) is 0.557. The van der Waals surface area contributed by atoms with Crippen molar-refractivity contribution in [3.63, 3.8) is 0 Å². The van der Waals surface area contributed by atoms with Crippen LogP contribution in [-0.2, 0) is 7.05 Å². The van der Waals surface area contributed by atoms with Crippen molar-refractivity contribution < 1.29 is 0 Å². The summed E-state index contributed by atoms with van der Waals surface area (Å²) in [7, 11) is 1.90. The molecule has 3 rings (SSSR count). The van der Waals surface area contributed by atoms with Gasteiger partial charge in [-0.3, -0.25) is 4.68 Å². The molecule has 1 fully saturated rings.